The molecule has 24 heavy (non-hydrogen) atoms. The van der Waals surface area contributed by atoms with Gasteiger partial charge < -0.3 is 21.9 Å². The Bertz CT molecular complexity index is 736. The summed E-state index contributed by atoms with van der Waals surface area (Å²) < 4.78 is 15.3. The maximum Gasteiger partial charge on any atom is 0.250 e. The van der Waals surface area contributed by atoms with Crippen molar-refractivity contribution in [2.24, 2.45) is 5.41 Å². The van der Waals surface area contributed by atoms with E-state index in [1.54, 1.807) is 0 Å². The lowest BCUT2D eigenvalue weighted by Crippen LogP contribution is -3.00. The summed E-state index contributed by atoms with van der Waals surface area (Å²) >= 11 is 1.81. The van der Waals surface area contributed by atoms with Crippen molar-refractivity contribution < 1.29 is 26.4 Å². The third-order valence-corrected chi connectivity index (χ3v) is 6.42. The Kier molecular flexibility index (Phi) is 4.54. The van der Waals surface area contributed by atoms with Crippen molar-refractivity contribution in [1.29, 1.82) is 0 Å². The average molecular weight is 366 g/mol. The van der Waals surface area contributed by atoms with Crippen LogP contribution in [0.2, 0.25) is 0 Å². The predicted octanol–water partition coefficient (Wildman–Crippen LogP) is 0.883. The van der Waals surface area contributed by atoms with E-state index in [-0.39, 0.29) is 29.8 Å². The molecule has 0 spiro atoms. The molecule has 3 heterocycles. The van der Waals surface area contributed by atoms with Crippen LogP contribution >= 0.6 is 11.3 Å². The van der Waals surface area contributed by atoms with E-state index in [0.29, 0.717) is 13.2 Å². The second-order valence-electron chi connectivity index (χ2n) is 6.87. The standard InChI is InChI=1S/C19H24NO2S.ClH/c1-5-21-19(22-6-2)15-13-9-7-8-10-14(13)16(18(19,3)4)20-11-12-23-17(15)20;/h7-12,15-16H,5-6H2,1-4H3;1H/q+1;/p-1/t15-,16-;/m0./s1. The minimum absolute atomic E-state index is 0. The van der Waals surface area contributed by atoms with Crippen molar-refractivity contribution in [2.75, 3.05) is 13.2 Å². The van der Waals surface area contributed by atoms with Crippen LogP contribution in [-0.4, -0.2) is 19.0 Å². The molecule has 0 unspecified atom stereocenters. The summed E-state index contributed by atoms with van der Waals surface area (Å²) in [6.07, 6.45) is 2.22. The Morgan fingerprint density at radius 1 is 1.08 bits per heavy atom. The molecule has 5 heteroatoms. The van der Waals surface area contributed by atoms with E-state index in [1.165, 1.54) is 16.1 Å². The van der Waals surface area contributed by atoms with E-state index in [9.17, 15) is 0 Å². The highest BCUT2D eigenvalue weighted by Gasteiger charge is 2.71. The van der Waals surface area contributed by atoms with Gasteiger partial charge in [0.25, 0.3) is 5.01 Å². The number of aromatic nitrogens is 1. The molecule has 2 bridgehead atoms. The topological polar surface area (TPSA) is 22.3 Å². The number of rotatable bonds is 4. The molecule has 5 rings (SSSR count). The van der Waals surface area contributed by atoms with Crippen molar-refractivity contribution in [3.05, 3.63) is 52.0 Å². The molecule has 2 aromatic rings. The van der Waals surface area contributed by atoms with Crippen LogP contribution in [0, 0.1) is 5.41 Å². The van der Waals surface area contributed by atoms with Crippen LogP contribution < -0.4 is 17.0 Å². The van der Waals surface area contributed by atoms with Gasteiger partial charge in [0, 0.05) is 18.8 Å². The van der Waals surface area contributed by atoms with Gasteiger partial charge in [-0.25, -0.2) is 0 Å². The predicted molar refractivity (Wildman–Crippen MR) is 90.7 cm³/mol. The fourth-order valence-electron chi connectivity index (χ4n) is 4.71. The van der Waals surface area contributed by atoms with Crippen LogP contribution in [0.5, 0.6) is 0 Å². The van der Waals surface area contributed by atoms with E-state index < -0.39 is 5.79 Å². The second kappa shape index (κ2) is 6.10. The largest absolute Gasteiger partial charge is 1.00 e. The molecule has 0 radical (unpaired) electrons. The van der Waals surface area contributed by atoms with Gasteiger partial charge in [-0.05, 0) is 33.3 Å². The lowest BCUT2D eigenvalue weighted by molar-refractivity contribution is -0.751. The molecule has 0 N–H and O–H groups in total. The summed E-state index contributed by atoms with van der Waals surface area (Å²) in [5, 5.41) is 3.53. The van der Waals surface area contributed by atoms with Gasteiger partial charge in [0.05, 0.1) is 10.8 Å². The van der Waals surface area contributed by atoms with E-state index in [2.05, 4.69) is 68.1 Å². The van der Waals surface area contributed by atoms with Crippen molar-refractivity contribution in [2.45, 2.75) is 45.4 Å². The normalized spacial score (nSPS) is 24.8. The molecule has 1 aromatic heterocycles. The maximum absolute atomic E-state index is 6.41. The van der Waals surface area contributed by atoms with E-state index in [0.717, 1.165) is 0 Å². The Balaban J connectivity index is 0.00000169. The van der Waals surface area contributed by atoms with Gasteiger partial charge >= 0.3 is 0 Å². The third-order valence-electron chi connectivity index (χ3n) is 5.47. The van der Waals surface area contributed by atoms with Crippen molar-refractivity contribution in [1.82, 2.24) is 0 Å². The first-order chi connectivity index (χ1) is 11.1. The van der Waals surface area contributed by atoms with Gasteiger partial charge in [-0.2, -0.15) is 4.57 Å². The van der Waals surface area contributed by atoms with E-state index in [1.807, 2.05) is 11.3 Å². The van der Waals surface area contributed by atoms with Gasteiger partial charge in [-0.15, -0.1) is 0 Å². The molecular formula is C19H24ClNO2S. The molecule has 1 aromatic carbocycles. The van der Waals surface area contributed by atoms with Crippen LogP contribution in [0.15, 0.2) is 35.8 Å². The third kappa shape index (κ3) is 2.00. The molecule has 0 fully saturated rings. The number of benzene rings is 1. The monoisotopic (exact) mass is 365 g/mol. The minimum Gasteiger partial charge on any atom is -1.00 e. The second-order valence-corrected chi connectivity index (χ2v) is 7.79. The summed E-state index contributed by atoms with van der Waals surface area (Å²) in [6, 6.07) is 9.03. The van der Waals surface area contributed by atoms with Gasteiger partial charge in [-0.1, -0.05) is 35.6 Å². The first-order valence-electron chi connectivity index (χ1n) is 8.43. The Morgan fingerprint density at radius 2 is 1.71 bits per heavy atom. The number of fused-ring (bicyclic) bond motifs is 1. The fourth-order valence-corrected chi connectivity index (χ4v) is 5.75. The van der Waals surface area contributed by atoms with Crippen LogP contribution in [0.4, 0.5) is 0 Å². The average Bonchev–Trinajstić information content (AvgIpc) is 2.99. The number of halogens is 1. The number of hydrogen-bond donors (Lipinski definition) is 0. The lowest BCUT2D eigenvalue weighted by atomic mass is 9.58. The van der Waals surface area contributed by atoms with Crippen LogP contribution in [0.25, 0.3) is 0 Å². The summed E-state index contributed by atoms with van der Waals surface area (Å²) in [6.45, 7) is 10.0. The van der Waals surface area contributed by atoms with Crippen molar-refractivity contribution in [3.63, 3.8) is 0 Å². The van der Waals surface area contributed by atoms with Gasteiger partial charge in [-0.3, -0.25) is 0 Å². The first kappa shape index (κ1) is 17.9. The highest BCUT2D eigenvalue weighted by molar-refractivity contribution is 7.09. The van der Waals surface area contributed by atoms with E-state index >= 15 is 0 Å². The van der Waals surface area contributed by atoms with Gasteiger partial charge in [0.1, 0.15) is 5.92 Å². The molecule has 130 valence electrons. The molecular weight excluding hydrogens is 342 g/mol. The first-order valence-corrected chi connectivity index (χ1v) is 9.31. The number of ether oxygens (including phenoxy) is 2. The number of thiazole rings is 1. The molecule has 0 amide bonds. The van der Waals surface area contributed by atoms with Crippen LogP contribution in [-0.2, 0) is 9.47 Å². The summed E-state index contributed by atoms with van der Waals surface area (Å²) in [5.41, 5.74) is 2.62. The van der Waals surface area contributed by atoms with Crippen LogP contribution in [0.3, 0.4) is 0 Å². The van der Waals surface area contributed by atoms with Gasteiger partial charge in [0.2, 0.25) is 0 Å². The highest BCUT2D eigenvalue weighted by Crippen LogP contribution is 2.62. The Morgan fingerprint density at radius 3 is 2.33 bits per heavy atom. The van der Waals surface area contributed by atoms with Gasteiger partial charge in [0.15, 0.2) is 18.0 Å². The number of hydrogen-bond acceptors (Lipinski definition) is 3. The molecule has 0 saturated carbocycles. The summed E-state index contributed by atoms with van der Waals surface area (Å²) in [5.74, 6) is -0.487. The molecule has 0 saturated heterocycles. The Hall–Kier alpha value is -0.940. The smallest absolute Gasteiger partial charge is 0.250 e. The fraction of sp³-hybridized carbons (Fsp3) is 0.526. The number of nitrogens with zero attached hydrogens (tertiary/aromatic N) is 1. The zero-order chi connectivity index (χ0) is 16.2. The molecule has 3 nitrogen and oxygen atoms in total. The van der Waals surface area contributed by atoms with Crippen LogP contribution in [0.1, 0.15) is 55.8 Å². The quantitative estimate of drug-likeness (QED) is 0.593. The molecule has 1 aliphatic carbocycles. The van der Waals surface area contributed by atoms with Crippen molar-refractivity contribution in [3.8, 4) is 0 Å². The Labute approximate surface area is 154 Å². The molecule has 2 atom stereocenters. The summed E-state index contributed by atoms with van der Waals surface area (Å²) in [4.78, 5) is 0. The minimum atomic E-state index is -0.611. The lowest BCUT2D eigenvalue weighted by Gasteiger charge is -2.56. The maximum atomic E-state index is 6.41. The van der Waals surface area contributed by atoms with Crippen molar-refractivity contribution >= 4 is 11.3 Å². The molecule has 2 aliphatic heterocycles. The summed E-state index contributed by atoms with van der Waals surface area (Å²) in [7, 11) is 0. The highest BCUT2D eigenvalue weighted by atomic mass is 35.5. The zero-order valence-electron chi connectivity index (χ0n) is 14.6. The molecule has 3 aliphatic rings. The van der Waals surface area contributed by atoms with E-state index in [4.69, 9.17) is 9.47 Å². The zero-order valence-corrected chi connectivity index (χ0v) is 16.2. The SMILES string of the molecule is CCOC1(OCC)[C@H]2c3ccccc3[C@H]([n+]3ccsc32)C1(C)C.[Cl-].